The number of hydrogen-bond donors (Lipinski definition) is 0. The van der Waals surface area contributed by atoms with Crippen molar-refractivity contribution in [3.63, 3.8) is 0 Å². The Morgan fingerprint density at radius 1 is 1.47 bits per heavy atom. The van der Waals surface area contributed by atoms with Gasteiger partial charge in [0, 0.05) is 17.5 Å². The normalized spacial score (nSPS) is 12.7. The Hall–Kier alpha value is -1.35. The minimum absolute atomic E-state index is 0.223. The molecule has 0 atom stereocenters. The van der Waals surface area contributed by atoms with Gasteiger partial charge in [0.2, 0.25) is 0 Å². The molecule has 0 aliphatic heterocycles. The first-order chi connectivity index (χ1) is 7.29. The van der Waals surface area contributed by atoms with Crippen molar-refractivity contribution >= 4 is 11.6 Å². The summed E-state index contributed by atoms with van der Waals surface area (Å²) in [5.74, 6) is 0.843. The molecule has 1 aliphatic rings. The van der Waals surface area contributed by atoms with Crippen molar-refractivity contribution in [3.05, 3.63) is 40.8 Å². The van der Waals surface area contributed by atoms with Gasteiger partial charge in [-0.2, -0.15) is 0 Å². The monoisotopic (exact) mass is 223 g/mol. The molecule has 1 aromatic carbocycles. The summed E-state index contributed by atoms with van der Waals surface area (Å²) < 4.78 is 18.2. The zero-order chi connectivity index (χ0) is 10.4. The highest BCUT2D eigenvalue weighted by molar-refractivity contribution is 6.17. The molecule has 0 unspecified atom stereocenters. The summed E-state index contributed by atoms with van der Waals surface area (Å²) in [4.78, 5) is 0. The van der Waals surface area contributed by atoms with E-state index in [-0.39, 0.29) is 5.82 Å². The van der Waals surface area contributed by atoms with Crippen LogP contribution < -0.4 is 0 Å². The summed E-state index contributed by atoms with van der Waals surface area (Å²) in [5, 5.41) is 3.88. The van der Waals surface area contributed by atoms with Gasteiger partial charge in [-0.25, -0.2) is 4.39 Å². The number of fused-ring (bicyclic) bond motifs is 3. The summed E-state index contributed by atoms with van der Waals surface area (Å²) in [6, 6.07) is 4.68. The fourth-order valence-corrected chi connectivity index (χ4v) is 2.17. The molecule has 1 aromatic heterocycles. The molecule has 0 amide bonds. The van der Waals surface area contributed by atoms with E-state index in [1.54, 1.807) is 6.07 Å². The third-order valence-electron chi connectivity index (χ3n) is 2.68. The number of halogens is 2. The Morgan fingerprint density at radius 3 is 3.13 bits per heavy atom. The molecule has 0 saturated heterocycles. The average Bonchev–Trinajstić information content (AvgIpc) is 2.74. The van der Waals surface area contributed by atoms with E-state index in [1.807, 2.05) is 0 Å². The molecule has 15 heavy (non-hydrogen) atoms. The Labute approximate surface area is 90.6 Å². The van der Waals surface area contributed by atoms with Crippen LogP contribution in [0.5, 0.6) is 0 Å². The quantitative estimate of drug-likeness (QED) is 0.593. The van der Waals surface area contributed by atoms with Gasteiger partial charge in [-0.15, -0.1) is 11.6 Å². The molecule has 0 bridgehead atoms. The van der Waals surface area contributed by atoms with E-state index in [9.17, 15) is 4.39 Å². The topological polar surface area (TPSA) is 26.0 Å². The maximum absolute atomic E-state index is 13.0. The molecule has 76 valence electrons. The third-order valence-corrected chi connectivity index (χ3v) is 2.93. The van der Waals surface area contributed by atoms with Crippen molar-refractivity contribution in [2.75, 3.05) is 0 Å². The first-order valence-electron chi connectivity index (χ1n) is 4.62. The van der Waals surface area contributed by atoms with Crippen LogP contribution in [0.3, 0.4) is 0 Å². The van der Waals surface area contributed by atoms with Crippen molar-refractivity contribution in [3.8, 4) is 11.3 Å². The second-order valence-electron chi connectivity index (χ2n) is 3.55. The summed E-state index contributed by atoms with van der Waals surface area (Å²) >= 11 is 5.73. The summed E-state index contributed by atoms with van der Waals surface area (Å²) in [7, 11) is 0. The van der Waals surface area contributed by atoms with E-state index >= 15 is 0 Å². The van der Waals surface area contributed by atoms with Crippen molar-refractivity contribution in [1.82, 2.24) is 5.16 Å². The molecule has 2 aromatic rings. The molecule has 3 rings (SSSR count). The second kappa shape index (κ2) is 3.07. The first kappa shape index (κ1) is 8.92. The van der Waals surface area contributed by atoms with E-state index in [2.05, 4.69) is 5.16 Å². The minimum atomic E-state index is -0.223. The zero-order valence-electron chi connectivity index (χ0n) is 7.76. The van der Waals surface area contributed by atoms with Gasteiger partial charge in [-0.1, -0.05) is 5.16 Å². The third kappa shape index (κ3) is 1.20. The van der Waals surface area contributed by atoms with Crippen LogP contribution in [0.15, 0.2) is 22.7 Å². The Kier molecular flexibility index (Phi) is 1.83. The number of hydrogen-bond acceptors (Lipinski definition) is 2. The standard InChI is InChI=1S/C11H7ClFNO/c12-5-10-9-4-6-3-7(13)1-2-8(6)11(9)15-14-10/h1-3H,4-5H2. The molecule has 4 heteroatoms. The van der Waals surface area contributed by atoms with Crippen LogP contribution >= 0.6 is 11.6 Å². The molecular weight excluding hydrogens is 217 g/mol. The van der Waals surface area contributed by atoms with Crippen LogP contribution in [0.1, 0.15) is 16.8 Å². The van der Waals surface area contributed by atoms with E-state index < -0.39 is 0 Å². The maximum atomic E-state index is 13.0. The Morgan fingerprint density at radius 2 is 2.33 bits per heavy atom. The molecule has 0 saturated carbocycles. The van der Waals surface area contributed by atoms with Crippen LogP contribution in [0.25, 0.3) is 11.3 Å². The van der Waals surface area contributed by atoms with Gasteiger partial charge < -0.3 is 4.52 Å². The Balaban J connectivity index is 2.20. The van der Waals surface area contributed by atoms with Gasteiger partial charge in [-0.3, -0.25) is 0 Å². The lowest BCUT2D eigenvalue weighted by molar-refractivity contribution is 0.426. The molecule has 1 heterocycles. The minimum Gasteiger partial charge on any atom is -0.356 e. The first-order valence-corrected chi connectivity index (χ1v) is 5.15. The predicted molar refractivity (Wildman–Crippen MR) is 54.3 cm³/mol. The molecule has 0 fully saturated rings. The molecule has 2 nitrogen and oxygen atoms in total. The largest absolute Gasteiger partial charge is 0.356 e. The summed E-state index contributed by atoms with van der Waals surface area (Å²) in [6.45, 7) is 0. The van der Waals surface area contributed by atoms with Crippen LogP contribution in [0.2, 0.25) is 0 Å². The number of rotatable bonds is 1. The number of aromatic nitrogens is 1. The van der Waals surface area contributed by atoms with Crippen molar-refractivity contribution in [2.45, 2.75) is 12.3 Å². The molecule has 0 spiro atoms. The number of nitrogens with zero attached hydrogens (tertiary/aromatic N) is 1. The highest BCUT2D eigenvalue weighted by Crippen LogP contribution is 2.38. The lowest BCUT2D eigenvalue weighted by Gasteiger charge is -1.97. The smallest absolute Gasteiger partial charge is 0.170 e. The van der Waals surface area contributed by atoms with Crippen molar-refractivity contribution in [2.24, 2.45) is 0 Å². The van der Waals surface area contributed by atoms with E-state index in [4.69, 9.17) is 16.1 Å². The van der Waals surface area contributed by atoms with Gasteiger partial charge in [0.05, 0.1) is 5.88 Å². The number of alkyl halides is 1. The summed E-state index contributed by atoms with van der Waals surface area (Å²) in [6.07, 6.45) is 0.661. The van der Waals surface area contributed by atoms with Crippen LogP contribution in [-0.2, 0) is 12.3 Å². The van der Waals surface area contributed by atoms with Crippen LogP contribution in [0.4, 0.5) is 4.39 Å². The van der Waals surface area contributed by atoms with E-state index in [1.165, 1.54) is 12.1 Å². The highest BCUT2D eigenvalue weighted by Gasteiger charge is 2.26. The zero-order valence-corrected chi connectivity index (χ0v) is 8.51. The molecule has 1 aliphatic carbocycles. The molecule has 0 N–H and O–H groups in total. The lowest BCUT2D eigenvalue weighted by atomic mass is 10.1. The average molecular weight is 224 g/mol. The maximum Gasteiger partial charge on any atom is 0.170 e. The van der Waals surface area contributed by atoms with Crippen molar-refractivity contribution < 1.29 is 8.91 Å². The van der Waals surface area contributed by atoms with Gasteiger partial charge >= 0.3 is 0 Å². The number of benzene rings is 1. The lowest BCUT2D eigenvalue weighted by Crippen LogP contribution is -1.87. The van der Waals surface area contributed by atoms with Crippen molar-refractivity contribution in [1.29, 1.82) is 0 Å². The fraction of sp³-hybridized carbons (Fsp3) is 0.182. The van der Waals surface area contributed by atoms with Crippen LogP contribution in [-0.4, -0.2) is 5.16 Å². The second-order valence-corrected chi connectivity index (χ2v) is 3.82. The van der Waals surface area contributed by atoms with E-state index in [0.29, 0.717) is 12.3 Å². The van der Waals surface area contributed by atoms with Crippen LogP contribution in [0, 0.1) is 5.82 Å². The van der Waals surface area contributed by atoms with E-state index in [0.717, 1.165) is 28.1 Å². The SMILES string of the molecule is Fc1ccc2c(c1)Cc1c(CCl)noc1-2. The molecular formula is C11H7ClFNO. The van der Waals surface area contributed by atoms with Gasteiger partial charge in [-0.05, 0) is 23.8 Å². The van der Waals surface area contributed by atoms with Gasteiger partial charge in [0.25, 0.3) is 0 Å². The highest BCUT2D eigenvalue weighted by atomic mass is 35.5. The fourth-order valence-electron chi connectivity index (χ4n) is 1.96. The Bertz CT molecular complexity index is 535. The van der Waals surface area contributed by atoms with Gasteiger partial charge in [0.15, 0.2) is 5.76 Å². The predicted octanol–water partition coefficient (Wildman–Crippen LogP) is 3.12. The molecule has 0 radical (unpaired) electrons. The summed E-state index contributed by atoms with van der Waals surface area (Å²) in [5.41, 5.74) is 3.61. The van der Waals surface area contributed by atoms with Gasteiger partial charge in [0.1, 0.15) is 11.5 Å².